The van der Waals surface area contributed by atoms with Crippen molar-refractivity contribution in [3.05, 3.63) is 34.9 Å². The Morgan fingerprint density at radius 1 is 1.18 bits per heavy atom. The van der Waals surface area contributed by atoms with Crippen molar-refractivity contribution in [3.8, 4) is 0 Å². The molecule has 2 amide bonds. The fourth-order valence-electron chi connectivity index (χ4n) is 2.24. The second-order valence-corrected chi connectivity index (χ2v) is 6.01. The van der Waals surface area contributed by atoms with Gasteiger partial charge >= 0.3 is 6.03 Å². The van der Waals surface area contributed by atoms with E-state index in [0.717, 1.165) is 18.4 Å². The Morgan fingerprint density at radius 2 is 1.82 bits per heavy atom. The molecule has 0 aliphatic rings. The molecule has 0 spiro atoms. The Hall–Kier alpha value is -1.26. The van der Waals surface area contributed by atoms with E-state index in [9.17, 15) is 9.90 Å². The second-order valence-electron chi connectivity index (χ2n) is 5.57. The van der Waals surface area contributed by atoms with Crippen molar-refractivity contribution < 1.29 is 9.90 Å². The third-order valence-electron chi connectivity index (χ3n) is 3.81. The Morgan fingerprint density at radius 3 is 2.41 bits per heavy atom. The van der Waals surface area contributed by atoms with Crippen LogP contribution in [0, 0.1) is 5.92 Å². The van der Waals surface area contributed by atoms with Crippen LogP contribution in [0.4, 0.5) is 4.79 Å². The van der Waals surface area contributed by atoms with Crippen LogP contribution in [-0.4, -0.2) is 24.2 Å². The van der Waals surface area contributed by atoms with E-state index in [1.807, 2.05) is 0 Å². The highest BCUT2D eigenvalue weighted by Crippen LogP contribution is 2.15. The smallest absolute Gasteiger partial charge is 0.314 e. The van der Waals surface area contributed by atoms with Gasteiger partial charge < -0.3 is 15.7 Å². The number of benzene rings is 1. The summed E-state index contributed by atoms with van der Waals surface area (Å²) in [6.07, 6.45) is 3.84. The van der Waals surface area contributed by atoms with Gasteiger partial charge in [-0.2, -0.15) is 0 Å². The highest BCUT2D eigenvalue weighted by molar-refractivity contribution is 6.30. The van der Waals surface area contributed by atoms with Gasteiger partial charge in [0.05, 0.1) is 6.10 Å². The normalized spacial score (nSPS) is 13.5. The highest BCUT2D eigenvalue weighted by Gasteiger charge is 2.11. The van der Waals surface area contributed by atoms with Crippen LogP contribution in [0.2, 0.25) is 5.02 Å². The molecular weight excluding hydrogens is 300 g/mol. The molecule has 22 heavy (non-hydrogen) atoms. The maximum atomic E-state index is 11.8. The number of rotatable bonds is 9. The molecule has 0 fully saturated rings. The van der Waals surface area contributed by atoms with E-state index < -0.39 is 6.10 Å². The zero-order valence-electron chi connectivity index (χ0n) is 13.4. The third-order valence-corrected chi connectivity index (χ3v) is 4.06. The predicted molar refractivity (Wildman–Crippen MR) is 91.1 cm³/mol. The number of hydrogen-bond acceptors (Lipinski definition) is 2. The number of aliphatic hydroxyl groups excluding tert-OH is 1. The molecule has 2 atom stereocenters. The standard InChI is InChI=1S/C17H27ClN2O2/c1-3-5-6-13(4-2)11-19-17(22)20-12-16(21)14-7-9-15(18)10-8-14/h7-10,13,16,21H,3-6,11-12H2,1-2H3,(H2,19,20,22). The van der Waals surface area contributed by atoms with E-state index >= 15 is 0 Å². The molecule has 0 bridgehead atoms. The van der Waals surface area contributed by atoms with Crippen molar-refractivity contribution in [2.75, 3.05) is 13.1 Å². The number of carbonyl (C=O) groups excluding carboxylic acids is 1. The van der Waals surface area contributed by atoms with Crippen LogP contribution < -0.4 is 10.6 Å². The number of hydrogen-bond donors (Lipinski definition) is 3. The Labute approximate surface area is 138 Å². The topological polar surface area (TPSA) is 61.4 Å². The summed E-state index contributed by atoms with van der Waals surface area (Å²) >= 11 is 5.80. The Bertz CT molecular complexity index is 437. The molecule has 1 rings (SSSR count). The van der Waals surface area contributed by atoms with Crippen molar-refractivity contribution in [3.63, 3.8) is 0 Å². The Balaban J connectivity index is 2.28. The lowest BCUT2D eigenvalue weighted by atomic mass is 9.99. The van der Waals surface area contributed by atoms with Gasteiger partial charge in [-0.05, 0) is 30.0 Å². The lowest BCUT2D eigenvalue weighted by Crippen LogP contribution is -2.40. The minimum Gasteiger partial charge on any atom is -0.387 e. The average molecular weight is 327 g/mol. The third kappa shape index (κ3) is 7.14. The van der Waals surface area contributed by atoms with Gasteiger partial charge in [0.25, 0.3) is 0 Å². The lowest BCUT2D eigenvalue weighted by molar-refractivity contribution is 0.173. The molecule has 0 saturated heterocycles. The van der Waals surface area contributed by atoms with E-state index in [4.69, 9.17) is 11.6 Å². The number of unbranched alkanes of at least 4 members (excludes halogenated alkanes) is 1. The van der Waals surface area contributed by atoms with Gasteiger partial charge in [-0.1, -0.05) is 56.8 Å². The number of urea groups is 1. The SMILES string of the molecule is CCCCC(CC)CNC(=O)NCC(O)c1ccc(Cl)cc1. The molecule has 0 aromatic heterocycles. The molecule has 0 aliphatic carbocycles. The average Bonchev–Trinajstić information content (AvgIpc) is 2.53. The van der Waals surface area contributed by atoms with Gasteiger partial charge in [0.15, 0.2) is 0 Å². The summed E-state index contributed by atoms with van der Waals surface area (Å²) in [5, 5.41) is 16.2. The van der Waals surface area contributed by atoms with E-state index in [1.54, 1.807) is 24.3 Å². The summed E-state index contributed by atoms with van der Waals surface area (Å²) < 4.78 is 0. The van der Waals surface area contributed by atoms with Crippen molar-refractivity contribution in [2.45, 2.75) is 45.6 Å². The summed E-state index contributed by atoms with van der Waals surface area (Å²) in [4.78, 5) is 11.8. The lowest BCUT2D eigenvalue weighted by Gasteiger charge is -2.17. The van der Waals surface area contributed by atoms with Gasteiger partial charge in [-0.3, -0.25) is 0 Å². The van der Waals surface area contributed by atoms with Gasteiger partial charge in [-0.15, -0.1) is 0 Å². The first kappa shape index (κ1) is 18.8. The van der Waals surface area contributed by atoms with Crippen LogP contribution in [0.25, 0.3) is 0 Å². The van der Waals surface area contributed by atoms with Crippen LogP contribution in [0.3, 0.4) is 0 Å². The van der Waals surface area contributed by atoms with Crippen LogP contribution >= 0.6 is 11.6 Å². The number of amides is 2. The number of nitrogens with one attached hydrogen (secondary N) is 2. The van der Waals surface area contributed by atoms with Crippen LogP contribution in [0.1, 0.15) is 51.2 Å². The fraction of sp³-hybridized carbons (Fsp3) is 0.588. The summed E-state index contributed by atoms with van der Waals surface area (Å²) in [6, 6.07) is 6.72. The molecule has 1 aromatic carbocycles. The van der Waals surface area contributed by atoms with Crippen molar-refractivity contribution in [1.82, 2.24) is 10.6 Å². The zero-order chi connectivity index (χ0) is 16.4. The molecule has 4 nitrogen and oxygen atoms in total. The largest absolute Gasteiger partial charge is 0.387 e. The molecule has 5 heteroatoms. The maximum Gasteiger partial charge on any atom is 0.314 e. The quantitative estimate of drug-likeness (QED) is 0.644. The first-order chi connectivity index (χ1) is 10.6. The number of halogens is 1. The molecule has 0 aliphatic heterocycles. The maximum absolute atomic E-state index is 11.8. The number of carbonyl (C=O) groups is 1. The van der Waals surface area contributed by atoms with E-state index in [2.05, 4.69) is 24.5 Å². The van der Waals surface area contributed by atoms with Crippen LogP contribution in [-0.2, 0) is 0 Å². The molecule has 3 N–H and O–H groups in total. The molecule has 1 aromatic rings. The second kappa shape index (κ2) is 10.5. The van der Waals surface area contributed by atoms with Crippen molar-refractivity contribution in [2.24, 2.45) is 5.92 Å². The number of aliphatic hydroxyl groups is 1. The molecular formula is C17H27ClN2O2. The monoisotopic (exact) mass is 326 g/mol. The fourth-order valence-corrected chi connectivity index (χ4v) is 2.36. The van der Waals surface area contributed by atoms with Crippen LogP contribution in [0.5, 0.6) is 0 Å². The van der Waals surface area contributed by atoms with Crippen molar-refractivity contribution in [1.29, 1.82) is 0 Å². The predicted octanol–water partition coefficient (Wildman–Crippen LogP) is 3.89. The first-order valence-corrected chi connectivity index (χ1v) is 8.39. The molecule has 0 heterocycles. The summed E-state index contributed by atoms with van der Waals surface area (Å²) in [6.45, 7) is 5.17. The van der Waals surface area contributed by atoms with Gasteiger partial charge in [-0.25, -0.2) is 4.79 Å². The summed E-state index contributed by atoms with van der Waals surface area (Å²) in [5.74, 6) is 0.520. The summed E-state index contributed by atoms with van der Waals surface area (Å²) in [7, 11) is 0. The minimum atomic E-state index is -0.731. The molecule has 2 unspecified atom stereocenters. The van der Waals surface area contributed by atoms with E-state index in [-0.39, 0.29) is 12.6 Å². The van der Waals surface area contributed by atoms with E-state index in [0.29, 0.717) is 17.5 Å². The van der Waals surface area contributed by atoms with E-state index in [1.165, 1.54) is 12.8 Å². The zero-order valence-corrected chi connectivity index (χ0v) is 14.2. The van der Waals surface area contributed by atoms with Gasteiger partial charge in [0, 0.05) is 18.1 Å². The first-order valence-electron chi connectivity index (χ1n) is 8.02. The minimum absolute atomic E-state index is 0.180. The summed E-state index contributed by atoms with van der Waals surface area (Å²) in [5.41, 5.74) is 0.735. The van der Waals surface area contributed by atoms with Gasteiger partial charge in [0.2, 0.25) is 0 Å². The molecule has 0 radical (unpaired) electrons. The van der Waals surface area contributed by atoms with Crippen molar-refractivity contribution >= 4 is 17.6 Å². The van der Waals surface area contributed by atoms with Crippen LogP contribution in [0.15, 0.2) is 24.3 Å². The van der Waals surface area contributed by atoms with Gasteiger partial charge in [0.1, 0.15) is 0 Å². The molecule has 124 valence electrons. The molecule has 0 saturated carbocycles. The highest BCUT2D eigenvalue weighted by atomic mass is 35.5. The Kier molecular flexibility index (Phi) is 8.94.